The number of aryl methyl sites for hydroxylation is 7. The monoisotopic (exact) mass is 478 g/mol. The number of rotatable bonds is 3. The zero-order valence-corrected chi connectivity index (χ0v) is 22.2. The molecule has 5 rings (SSSR count). The Kier molecular flexibility index (Phi) is 7.11. The van der Waals surface area contributed by atoms with E-state index in [0.29, 0.717) is 0 Å². The third-order valence-electron chi connectivity index (χ3n) is 6.26. The Bertz CT molecular complexity index is 1490. The summed E-state index contributed by atoms with van der Waals surface area (Å²) >= 11 is 0. The Morgan fingerprint density at radius 3 is 1.58 bits per heavy atom. The van der Waals surface area contributed by atoms with E-state index in [1.165, 1.54) is 27.9 Å². The van der Waals surface area contributed by atoms with Crippen LogP contribution in [0.2, 0.25) is 0 Å². The van der Waals surface area contributed by atoms with Crippen molar-refractivity contribution in [1.29, 1.82) is 0 Å². The first-order valence-corrected chi connectivity index (χ1v) is 12.2. The molecule has 0 unspecified atom stereocenters. The van der Waals surface area contributed by atoms with E-state index in [-0.39, 0.29) is 5.75 Å². The van der Waals surface area contributed by atoms with Gasteiger partial charge in [0.05, 0.1) is 17.1 Å². The minimum Gasteiger partial charge on any atom is -0.506 e. The van der Waals surface area contributed by atoms with E-state index in [0.717, 1.165) is 34.0 Å². The molecule has 1 N–H and O–H groups in total. The summed E-state index contributed by atoms with van der Waals surface area (Å²) in [7, 11) is 0. The van der Waals surface area contributed by atoms with E-state index in [4.69, 9.17) is 0 Å². The molecule has 0 bridgehead atoms. The summed E-state index contributed by atoms with van der Waals surface area (Å²) in [5, 5.41) is 18.8. The molecule has 0 aliphatic rings. The van der Waals surface area contributed by atoms with Gasteiger partial charge in [0.15, 0.2) is 0 Å². The lowest BCUT2D eigenvalue weighted by molar-refractivity contribution is 0.469. The van der Waals surface area contributed by atoms with Crippen LogP contribution >= 0.6 is 0 Å². The number of phenolic OH excluding ortho intramolecular Hbond substituents is 1. The van der Waals surface area contributed by atoms with Gasteiger partial charge in [0, 0.05) is 17.0 Å². The van der Waals surface area contributed by atoms with Crippen LogP contribution in [-0.4, -0.2) is 24.7 Å². The third-order valence-corrected chi connectivity index (χ3v) is 6.26. The normalized spacial score (nSPS) is 10.8. The highest BCUT2D eigenvalue weighted by Crippen LogP contribution is 2.30. The quantitative estimate of drug-likeness (QED) is 0.296. The number of aromatic hydroxyl groups is 1. The topological polar surface area (TPSA) is 55.9 Å². The van der Waals surface area contributed by atoms with Crippen LogP contribution in [0, 0.1) is 48.5 Å². The minimum absolute atomic E-state index is 0.265. The van der Waals surface area contributed by atoms with Gasteiger partial charge in [0.2, 0.25) is 0 Å². The van der Waals surface area contributed by atoms with E-state index in [2.05, 4.69) is 84.2 Å². The van der Waals surface area contributed by atoms with Crippen LogP contribution in [-0.2, 0) is 0 Å². The zero-order valence-electron chi connectivity index (χ0n) is 22.2. The highest BCUT2D eigenvalue weighted by atomic mass is 16.3. The summed E-state index contributed by atoms with van der Waals surface area (Å²) in [4.78, 5) is 0. The van der Waals surface area contributed by atoms with Crippen LogP contribution in [0.4, 0.5) is 0 Å². The molecule has 0 aliphatic heterocycles. The first kappa shape index (κ1) is 25.0. The number of benzene rings is 3. The van der Waals surface area contributed by atoms with E-state index in [1.807, 2.05) is 45.9 Å². The SMILES string of the molecule is Cc1cc(C)n(-c2c(C)cccc2O)n1.Cc1ccc(-c2cccc(C)c2-n2nc(C)cc2C)cc1. The standard InChI is InChI=1S/C19H20N2.C12H14N2O/c1-13-8-10-17(11-9-13)18-7-5-6-14(2)19(18)21-16(4)12-15(3)20-21;1-8-5-4-6-11(15)12(8)14-10(3)7-9(2)13-14/h5-12H,1-4H3;4-7,15H,1-3H3. The Balaban J connectivity index is 0.000000179. The van der Waals surface area contributed by atoms with Gasteiger partial charge >= 0.3 is 0 Å². The lowest BCUT2D eigenvalue weighted by Crippen LogP contribution is -2.04. The van der Waals surface area contributed by atoms with Crippen molar-refractivity contribution in [1.82, 2.24) is 19.6 Å². The Labute approximate surface area is 213 Å². The molecule has 0 atom stereocenters. The van der Waals surface area contributed by atoms with Gasteiger partial charge in [-0.25, -0.2) is 9.36 Å². The average Bonchev–Trinajstić information content (AvgIpc) is 3.33. The molecule has 0 saturated heterocycles. The number of para-hydroxylation sites is 2. The van der Waals surface area contributed by atoms with Crippen molar-refractivity contribution in [2.24, 2.45) is 0 Å². The molecule has 3 aromatic carbocycles. The zero-order chi connectivity index (χ0) is 26.0. The molecule has 5 aromatic rings. The van der Waals surface area contributed by atoms with Crippen molar-refractivity contribution in [3.63, 3.8) is 0 Å². The summed E-state index contributed by atoms with van der Waals surface area (Å²) in [5.41, 5.74) is 12.1. The summed E-state index contributed by atoms with van der Waals surface area (Å²) in [6.07, 6.45) is 0. The van der Waals surface area contributed by atoms with Gasteiger partial charge in [-0.05, 0) is 83.4 Å². The number of hydrogen-bond donors (Lipinski definition) is 1. The molecule has 2 heterocycles. The predicted octanol–water partition coefficient (Wildman–Crippen LogP) is 7.28. The highest BCUT2D eigenvalue weighted by Gasteiger charge is 2.13. The van der Waals surface area contributed by atoms with Crippen LogP contribution in [0.1, 0.15) is 39.5 Å². The van der Waals surface area contributed by atoms with Crippen molar-refractivity contribution in [3.8, 4) is 28.3 Å². The molecule has 0 spiro atoms. The van der Waals surface area contributed by atoms with Gasteiger partial charge < -0.3 is 5.11 Å². The first-order chi connectivity index (χ1) is 17.2. The maximum Gasteiger partial charge on any atom is 0.141 e. The molecule has 0 fully saturated rings. The first-order valence-electron chi connectivity index (χ1n) is 12.2. The van der Waals surface area contributed by atoms with Gasteiger partial charge in [0.1, 0.15) is 11.4 Å². The van der Waals surface area contributed by atoms with E-state index < -0.39 is 0 Å². The molecule has 0 aliphatic carbocycles. The molecule has 0 amide bonds. The largest absolute Gasteiger partial charge is 0.506 e. The Hall–Kier alpha value is -4.12. The summed E-state index contributed by atoms with van der Waals surface area (Å²) in [5.74, 6) is 0.265. The van der Waals surface area contributed by atoms with Crippen molar-refractivity contribution in [2.75, 3.05) is 0 Å². The Morgan fingerprint density at radius 2 is 1.08 bits per heavy atom. The minimum atomic E-state index is 0.265. The highest BCUT2D eigenvalue weighted by molar-refractivity contribution is 5.75. The van der Waals surface area contributed by atoms with Gasteiger partial charge in [-0.2, -0.15) is 10.2 Å². The van der Waals surface area contributed by atoms with Crippen LogP contribution in [0.3, 0.4) is 0 Å². The molecular formula is C31H34N4O. The van der Waals surface area contributed by atoms with Crippen molar-refractivity contribution >= 4 is 0 Å². The fraction of sp³-hybridized carbons (Fsp3) is 0.226. The second kappa shape index (κ2) is 10.2. The Morgan fingerprint density at radius 1 is 0.583 bits per heavy atom. The van der Waals surface area contributed by atoms with Crippen molar-refractivity contribution in [2.45, 2.75) is 48.5 Å². The third kappa shape index (κ3) is 5.10. The summed E-state index contributed by atoms with van der Waals surface area (Å²) < 4.78 is 3.83. The maximum atomic E-state index is 9.82. The fourth-order valence-corrected chi connectivity index (χ4v) is 4.54. The fourth-order valence-electron chi connectivity index (χ4n) is 4.54. The van der Waals surface area contributed by atoms with Gasteiger partial charge in [0.25, 0.3) is 0 Å². The molecule has 36 heavy (non-hydrogen) atoms. The summed E-state index contributed by atoms with van der Waals surface area (Å²) in [6.45, 7) is 14.3. The number of hydrogen-bond acceptors (Lipinski definition) is 3. The predicted molar refractivity (Wildman–Crippen MR) is 147 cm³/mol. The lowest BCUT2D eigenvalue weighted by Gasteiger charge is -2.14. The second-order valence-corrected chi connectivity index (χ2v) is 9.46. The molecule has 5 nitrogen and oxygen atoms in total. The van der Waals surface area contributed by atoms with E-state index in [1.54, 1.807) is 10.7 Å². The molecule has 0 saturated carbocycles. The molecule has 0 radical (unpaired) electrons. The number of phenols is 1. The van der Waals surface area contributed by atoms with E-state index in [9.17, 15) is 5.11 Å². The number of nitrogens with zero attached hydrogens (tertiary/aromatic N) is 4. The lowest BCUT2D eigenvalue weighted by atomic mass is 9.99. The molecular weight excluding hydrogens is 444 g/mol. The van der Waals surface area contributed by atoms with Gasteiger partial charge in [-0.15, -0.1) is 0 Å². The van der Waals surface area contributed by atoms with E-state index >= 15 is 0 Å². The molecule has 184 valence electrons. The van der Waals surface area contributed by atoms with Crippen LogP contribution in [0.5, 0.6) is 5.75 Å². The molecule has 5 heteroatoms. The van der Waals surface area contributed by atoms with Gasteiger partial charge in [-0.1, -0.05) is 60.2 Å². The summed E-state index contributed by atoms with van der Waals surface area (Å²) in [6, 6.07) is 24.7. The second-order valence-electron chi connectivity index (χ2n) is 9.46. The van der Waals surface area contributed by atoms with Crippen LogP contribution < -0.4 is 0 Å². The van der Waals surface area contributed by atoms with Gasteiger partial charge in [-0.3, -0.25) is 0 Å². The van der Waals surface area contributed by atoms with Crippen LogP contribution in [0.25, 0.3) is 22.5 Å². The molecule has 2 aromatic heterocycles. The smallest absolute Gasteiger partial charge is 0.141 e. The number of aromatic nitrogens is 4. The average molecular weight is 479 g/mol. The van der Waals surface area contributed by atoms with Crippen molar-refractivity contribution < 1.29 is 5.11 Å². The maximum absolute atomic E-state index is 9.82. The van der Waals surface area contributed by atoms with Crippen molar-refractivity contribution in [3.05, 3.63) is 112 Å². The van der Waals surface area contributed by atoms with Crippen LogP contribution in [0.15, 0.2) is 72.8 Å².